The Morgan fingerprint density at radius 2 is 1.82 bits per heavy atom. The first-order valence-electron chi connectivity index (χ1n) is 10.2. The molecule has 2 aliphatic rings. The molecule has 3 heterocycles. The monoisotopic (exact) mass is 499 g/mol. The van der Waals surface area contributed by atoms with Crippen LogP contribution in [-0.4, -0.2) is 52.9 Å². The Hall–Kier alpha value is -3.31. The lowest BCUT2D eigenvalue weighted by Crippen LogP contribution is -2.47. The Morgan fingerprint density at radius 1 is 1.06 bits per heavy atom. The van der Waals surface area contributed by atoms with Crippen molar-refractivity contribution in [1.29, 1.82) is 0 Å². The van der Waals surface area contributed by atoms with Gasteiger partial charge in [-0.25, -0.2) is 22.4 Å². The van der Waals surface area contributed by atoms with Gasteiger partial charge in [0.1, 0.15) is 23.1 Å². The number of rotatable bonds is 3. The first kappa shape index (κ1) is 23.8. The van der Waals surface area contributed by atoms with Crippen LogP contribution in [0.5, 0.6) is 5.75 Å². The van der Waals surface area contributed by atoms with Crippen molar-refractivity contribution in [3.8, 4) is 11.4 Å². The first-order valence-corrected chi connectivity index (χ1v) is 10.2. The molecule has 2 aromatic carbocycles. The number of hydrogen-bond acceptors (Lipinski definition) is 5. The van der Waals surface area contributed by atoms with E-state index in [1.54, 1.807) is 4.90 Å². The van der Waals surface area contributed by atoms with E-state index in [4.69, 9.17) is 5.11 Å². The molecule has 2 fully saturated rings. The molecule has 0 amide bonds. The fourth-order valence-electron chi connectivity index (χ4n) is 4.67. The number of benzene rings is 2. The maximum absolute atomic E-state index is 16.0. The smallest absolute Gasteiger partial charge is 0.449 e. The van der Waals surface area contributed by atoms with Crippen LogP contribution in [0.3, 0.4) is 0 Å². The van der Waals surface area contributed by atoms with Crippen LogP contribution in [-0.2, 0) is 0 Å². The first-order chi connectivity index (χ1) is 15.7. The maximum atomic E-state index is 16.0. The van der Waals surface area contributed by atoms with Crippen LogP contribution in [0.2, 0.25) is 0 Å². The zero-order valence-electron chi connectivity index (χ0n) is 17.4. The summed E-state index contributed by atoms with van der Waals surface area (Å²) in [7, 11) is 0. The molecule has 2 saturated heterocycles. The lowest BCUT2D eigenvalue weighted by atomic mass is 10.1. The zero-order chi connectivity index (χ0) is 23.4. The van der Waals surface area contributed by atoms with Gasteiger partial charge in [-0.2, -0.15) is 0 Å². The summed E-state index contributed by atoms with van der Waals surface area (Å²) in [6.07, 6.45) is -0.330. The van der Waals surface area contributed by atoms with E-state index in [1.807, 2.05) is 0 Å². The van der Waals surface area contributed by atoms with Crippen LogP contribution in [0, 0.1) is 23.3 Å². The predicted octanol–water partition coefficient (Wildman–Crippen LogP) is 3.92. The number of ether oxygens (including phenoxy) is 1. The average Bonchev–Trinajstić information content (AvgIpc) is 3.13. The number of nitrogens with zero attached hydrogens (tertiary/aromatic N) is 3. The summed E-state index contributed by atoms with van der Waals surface area (Å²) in [6, 6.07) is 3.14. The molecule has 2 unspecified atom stereocenters. The van der Waals surface area contributed by atoms with Crippen molar-refractivity contribution >= 4 is 35.2 Å². The second-order valence-electron chi connectivity index (χ2n) is 8.01. The quantitative estimate of drug-likeness (QED) is 0.435. The van der Waals surface area contributed by atoms with Crippen molar-refractivity contribution in [1.82, 2.24) is 9.47 Å². The second kappa shape index (κ2) is 8.80. The van der Waals surface area contributed by atoms with Crippen molar-refractivity contribution in [2.24, 2.45) is 0 Å². The molecule has 1 aromatic heterocycles. The van der Waals surface area contributed by atoms with E-state index in [0.29, 0.717) is 32.1 Å². The van der Waals surface area contributed by atoms with Crippen LogP contribution in [0.15, 0.2) is 35.3 Å². The minimum atomic E-state index is -1.84. The standard InChI is InChI=1S/C22H17F4N3O4.ClH/c23-11-1-2-16(14(24)7-11)29-10-17(33-22(31)32)21(30)13-8-15(25)20(18(26)19(13)29)28-6-5-27-4-3-12(28)9-27;/h1-2,7-8,10,12H,3-6,9H2,(H,31,32);1H. The highest BCUT2D eigenvalue weighted by Gasteiger charge is 2.36. The minimum absolute atomic E-state index is 0. The molecule has 7 nitrogen and oxygen atoms in total. The summed E-state index contributed by atoms with van der Waals surface area (Å²) in [4.78, 5) is 27.6. The molecule has 180 valence electrons. The molecule has 0 aliphatic carbocycles. The normalized spacial score (nSPS) is 19.2. The Bertz CT molecular complexity index is 1370. The molecular formula is C22H18ClF4N3O4. The summed E-state index contributed by atoms with van der Waals surface area (Å²) in [5.74, 6) is -4.88. The predicted molar refractivity (Wildman–Crippen MR) is 117 cm³/mol. The summed E-state index contributed by atoms with van der Waals surface area (Å²) in [6.45, 7) is 2.42. The van der Waals surface area contributed by atoms with Gasteiger partial charge in [0, 0.05) is 38.3 Å². The number of anilines is 1. The van der Waals surface area contributed by atoms with Crippen LogP contribution < -0.4 is 15.1 Å². The Balaban J connectivity index is 0.00000274. The number of carbonyl (C=O) groups is 1. The Kier molecular flexibility index (Phi) is 6.17. The van der Waals surface area contributed by atoms with Crippen LogP contribution in [0.4, 0.5) is 28.0 Å². The van der Waals surface area contributed by atoms with Crippen molar-refractivity contribution in [3.05, 3.63) is 64.0 Å². The molecule has 1 N–H and O–H groups in total. The van der Waals surface area contributed by atoms with E-state index in [1.165, 1.54) is 0 Å². The number of carboxylic acid groups (broad SMARTS) is 1. The molecule has 0 spiro atoms. The third-order valence-electron chi connectivity index (χ3n) is 6.12. The Labute approximate surface area is 196 Å². The highest BCUT2D eigenvalue weighted by Crippen LogP contribution is 2.36. The molecule has 0 saturated carbocycles. The van der Waals surface area contributed by atoms with Crippen LogP contribution >= 0.6 is 12.4 Å². The van der Waals surface area contributed by atoms with Crippen LogP contribution in [0.1, 0.15) is 6.42 Å². The molecule has 2 aliphatic heterocycles. The van der Waals surface area contributed by atoms with Gasteiger partial charge in [0.05, 0.1) is 22.8 Å². The third kappa shape index (κ3) is 3.84. The summed E-state index contributed by atoms with van der Waals surface area (Å²) in [5, 5.41) is 8.41. The van der Waals surface area contributed by atoms with E-state index < -0.39 is 51.5 Å². The SMILES string of the molecule is Cl.O=C(O)Oc1cn(-c2ccc(F)cc2F)c2c(F)c(N3CCN4CCC3C4)c(F)cc2c1=O. The van der Waals surface area contributed by atoms with E-state index in [2.05, 4.69) is 9.64 Å². The summed E-state index contributed by atoms with van der Waals surface area (Å²) in [5.41, 5.74) is -2.28. The fraction of sp³-hybridized carbons (Fsp3) is 0.273. The molecule has 5 rings (SSSR count). The van der Waals surface area contributed by atoms with Crippen molar-refractivity contribution < 1.29 is 32.2 Å². The fourth-order valence-corrected chi connectivity index (χ4v) is 4.67. The lowest BCUT2D eigenvalue weighted by Gasteiger charge is -2.36. The highest BCUT2D eigenvalue weighted by atomic mass is 35.5. The topological polar surface area (TPSA) is 75.0 Å². The van der Waals surface area contributed by atoms with E-state index in [0.717, 1.165) is 35.5 Å². The van der Waals surface area contributed by atoms with Gasteiger partial charge in [-0.15, -0.1) is 12.4 Å². The van der Waals surface area contributed by atoms with Crippen molar-refractivity contribution in [2.75, 3.05) is 31.1 Å². The minimum Gasteiger partial charge on any atom is -0.449 e. The van der Waals surface area contributed by atoms with Gasteiger partial charge in [0.15, 0.2) is 11.6 Å². The molecule has 34 heavy (non-hydrogen) atoms. The number of fused-ring (bicyclic) bond motifs is 3. The maximum Gasteiger partial charge on any atom is 0.511 e. The lowest BCUT2D eigenvalue weighted by molar-refractivity contribution is 0.144. The molecule has 12 heteroatoms. The number of aromatic nitrogens is 1. The summed E-state index contributed by atoms with van der Waals surface area (Å²) >= 11 is 0. The Morgan fingerprint density at radius 3 is 2.53 bits per heavy atom. The van der Waals surface area contributed by atoms with Gasteiger partial charge in [-0.3, -0.25) is 9.69 Å². The number of halogens is 5. The molecule has 2 bridgehead atoms. The van der Waals surface area contributed by atoms with Gasteiger partial charge in [0.2, 0.25) is 5.43 Å². The van der Waals surface area contributed by atoms with Gasteiger partial charge >= 0.3 is 6.16 Å². The molecule has 0 radical (unpaired) electrons. The number of pyridine rings is 1. The van der Waals surface area contributed by atoms with E-state index in [9.17, 15) is 18.4 Å². The van der Waals surface area contributed by atoms with E-state index >= 15 is 8.78 Å². The third-order valence-corrected chi connectivity index (χ3v) is 6.12. The van der Waals surface area contributed by atoms with Crippen molar-refractivity contribution in [2.45, 2.75) is 12.5 Å². The van der Waals surface area contributed by atoms with E-state index in [-0.39, 0.29) is 29.8 Å². The van der Waals surface area contributed by atoms with Gasteiger partial charge in [0.25, 0.3) is 0 Å². The number of hydrogen-bond donors (Lipinski definition) is 1. The molecular weight excluding hydrogens is 482 g/mol. The molecule has 3 aromatic rings. The zero-order valence-corrected chi connectivity index (χ0v) is 18.2. The van der Waals surface area contributed by atoms with Crippen molar-refractivity contribution in [3.63, 3.8) is 0 Å². The second-order valence-corrected chi connectivity index (χ2v) is 8.01. The average molecular weight is 500 g/mol. The highest BCUT2D eigenvalue weighted by molar-refractivity contribution is 5.87. The molecule has 2 atom stereocenters. The summed E-state index contributed by atoms with van der Waals surface area (Å²) < 4.78 is 64.6. The van der Waals surface area contributed by atoms with Gasteiger partial charge < -0.3 is 19.3 Å². The largest absolute Gasteiger partial charge is 0.511 e. The van der Waals surface area contributed by atoms with Crippen LogP contribution in [0.25, 0.3) is 16.6 Å². The van der Waals surface area contributed by atoms with Gasteiger partial charge in [-0.05, 0) is 24.6 Å². The van der Waals surface area contributed by atoms with Gasteiger partial charge in [-0.1, -0.05) is 0 Å². The number of piperazine rings is 1.